The van der Waals surface area contributed by atoms with Crippen molar-refractivity contribution in [2.24, 2.45) is 0 Å². The van der Waals surface area contributed by atoms with Crippen molar-refractivity contribution in [3.8, 4) is 10.6 Å². The monoisotopic (exact) mass is 409 g/mol. The molecule has 0 bridgehead atoms. The Bertz CT molecular complexity index is 991. The van der Waals surface area contributed by atoms with Crippen LogP contribution in [0.1, 0.15) is 16.2 Å². The van der Waals surface area contributed by atoms with Gasteiger partial charge in [-0.3, -0.25) is 9.69 Å². The van der Waals surface area contributed by atoms with Crippen molar-refractivity contribution >= 4 is 22.8 Å². The molecular formula is C18H18F3N5OS. The molecule has 10 heteroatoms. The predicted molar refractivity (Wildman–Crippen MR) is 99.6 cm³/mol. The number of alkyl halides is 3. The summed E-state index contributed by atoms with van der Waals surface area (Å²) in [5.41, 5.74) is -0.715. The fourth-order valence-corrected chi connectivity index (χ4v) is 3.84. The van der Waals surface area contributed by atoms with Crippen LogP contribution in [0.3, 0.4) is 0 Å². The summed E-state index contributed by atoms with van der Waals surface area (Å²) in [6.45, 7) is 3.32. The van der Waals surface area contributed by atoms with Gasteiger partial charge in [0.1, 0.15) is 5.69 Å². The van der Waals surface area contributed by atoms with Crippen molar-refractivity contribution < 1.29 is 18.0 Å². The molecule has 1 aliphatic rings. The van der Waals surface area contributed by atoms with Gasteiger partial charge in [-0.2, -0.15) is 18.3 Å². The Labute approximate surface area is 163 Å². The summed E-state index contributed by atoms with van der Waals surface area (Å²) >= 11 is 1.30. The van der Waals surface area contributed by atoms with Crippen LogP contribution in [0.25, 0.3) is 16.2 Å². The van der Waals surface area contributed by atoms with Crippen molar-refractivity contribution in [3.05, 3.63) is 41.0 Å². The third-order valence-corrected chi connectivity index (χ3v) is 5.63. The average molecular weight is 409 g/mol. The standard InChI is InChI=1S/C18H18F3N5OS/c1-24-4-6-25(7-5-24)11-14(27)12-10-17-22-13(15-3-2-8-28-15)9-16(18(19,20)21)26(17)23-12/h2-3,8-10H,4-7,11H2,1H3. The van der Waals surface area contributed by atoms with Crippen molar-refractivity contribution in [2.45, 2.75) is 6.18 Å². The number of halogens is 3. The summed E-state index contributed by atoms with van der Waals surface area (Å²) in [4.78, 5) is 21.7. The normalized spacial score (nSPS) is 16.7. The number of thiophene rings is 1. The average Bonchev–Trinajstić information content (AvgIpc) is 3.31. The van der Waals surface area contributed by atoms with E-state index in [2.05, 4.69) is 15.0 Å². The van der Waals surface area contributed by atoms with E-state index >= 15 is 0 Å². The number of carbonyl (C=O) groups excluding carboxylic acids is 1. The van der Waals surface area contributed by atoms with E-state index in [1.807, 2.05) is 11.9 Å². The van der Waals surface area contributed by atoms with Crippen LogP contribution in [-0.2, 0) is 6.18 Å². The van der Waals surface area contributed by atoms with Gasteiger partial charge in [0.15, 0.2) is 17.1 Å². The Balaban J connectivity index is 1.68. The Morgan fingerprint density at radius 2 is 1.96 bits per heavy atom. The van der Waals surface area contributed by atoms with Gasteiger partial charge in [-0.1, -0.05) is 6.07 Å². The molecule has 0 amide bonds. The van der Waals surface area contributed by atoms with Gasteiger partial charge in [0, 0.05) is 32.2 Å². The molecule has 3 aromatic rings. The Morgan fingerprint density at radius 3 is 2.61 bits per heavy atom. The highest BCUT2D eigenvalue weighted by Crippen LogP contribution is 2.33. The SMILES string of the molecule is CN1CCN(CC(=O)c2cc3nc(-c4cccs4)cc(C(F)(F)F)n3n2)CC1. The van der Waals surface area contributed by atoms with Crippen LogP contribution in [0.4, 0.5) is 13.2 Å². The third kappa shape index (κ3) is 3.80. The second kappa shape index (κ2) is 7.26. The molecule has 1 aliphatic heterocycles. The molecule has 1 saturated heterocycles. The van der Waals surface area contributed by atoms with Gasteiger partial charge in [0.05, 0.1) is 17.1 Å². The van der Waals surface area contributed by atoms with Gasteiger partial charge in [0.2, 0.25) is 0 Å². The summed E-state index contributed by atoms with van der Waals surface area (Å²) in [5.74, 6) is -0.305. The molecule has 1 fully saturated rings. The molecule has 0 atom stereocenters. The highest BCUT2D eigenvalue weighted by molar-refractivity contribution is 7.13. The number of hydrogen-bond donors (Lipinski definition) is 0. The van der Waals surface area contributed by atoms with E-state index in [4.69, 9.17) is 0 Å². The predicted octanol–water partition coefficient (Wildman–Crippen LogP) is 2.91. The number of likely N-dealkylation sites (N-methyl/N-ethyl adjacent to an activating group) is 1. The van der Waals surface area contributed by atoms with Gasteiger partial charge in [0.25, 0.3) is 0 Å². The highest BCUT2D eigenvalue weighted by Gasteiger charge is 2.36. The van der Waals surface area contributed by atoms with Crippen LogP contribution in [0, 0.1) is 0 Å². The first-order valence-corrected chi connectivity index (χ1v) is 9.65. The quantitative estimate of drug-likeness (QED) is 0.621. The maximum absolute atomic E-state index is 13.6. The Kier molecular flexibility index (Phi) is 4.94. The fourth-order valence-electron chi connectivity index (χ4n) is 3.15. The molecular weight excluding hydrogens is 391 g/mol. The van der Waals surface area contributed by atoms with E-state index < -0.39 is 11.9 Å². The van der Waals surface area contributed by atoms with Gasteiger partial charge >= 0.3 is 6.18 Å². The number of Topliss-reactive ketones (excluding diaryl/α,β-unsaturated/α-hetero) is 1. The van der Waals surface area contributed by atoms with Crippen molar-refractivity contribution in [3.63, 3.8) is 0 Å². The molecule has 0 radical (unpaired) electrons. The maximum atomic E-state index is 13.6. The smallest absolute Gasteiger partial charge is 0.304 e. The zero-order valence-electron chi connectivity index (χ0n) is 15.1. The van der Waals surface area contributed by atoms with E-state index in [0.717, 1.165) is 32.2 Å². The molecule has 6 nitrogen and oxygen atoms in total. The molecule has 3 aromatic heterocycles. The summed E-state index contributed by atoms with van der Waals surface area (Å²) < 4.78 is 41.4. The van der Waals surface area contributed by atoms with E-state index in [1.165, 1.54) is 17.4 Å². The fraction of sp³-hybridized carbons (Fsp3) is 0.389. The van der Waals surface area contributed by atoms with Crippen LogP contribution in [0.15, 0.2) is 29.6 Å². The van der Waals surface area contributed by atoms with E-state index in [-0.39, 0.29) is 29.4 Å². The maximum Gasteiger partial charge on any atom is 0.433 e. The van der Waals surface area contributed by atoms with Gasteiger partial charge in [-0.15, -0.1) is 11.3 Å². The van der Waals surface area contributed by atoms with Crippen LogP contribution in [0.5, 0.6) is 0 Å². The van der Waals surface area contributed by atoms with E-state index in [9.17, 15) is 18.0 Å². The first-order chi connectivity index (χ1) is 13.3. The second-order valence-corrected chi connectivity index (χ2v) is 7.75. The van der Waals surface area contributed by atoms with Crippen LogP contribution in [-0.4, -0.2) is 70.0 Å². The van der Waals surface area contributed by atoms with E-state index in [1.54, 1.807) is 17.5 Å². The number of nitrogens with zero attached hydrogens (tertiary/aromatic N) is 5. The van der Waals surface area contributed by atoms with Gasteiger partial charge < -0.3 is 4.90 Å². The molecule has 0 saturated carbocycles. The molecule has 0 unspecified atom stereocenters. The second-order valence-electron chi connectivity index (χ2n) is 6.80. The lowest BCUT2D eigenvalue weighted by atomic mass is 10.2. The first kappa shape index (κ1) is 19.0. The number of ketones is 1. The summed E-state index contributed by atoms with van der Waals surface area (Å²) in [5, 5.41) is 5.71. The van der Waals surface area contributed by atoms with Gasteiger partial charge in [-0.25, -0.2) is 9.50 Å². The summed E-state index contributed by atoms with van der Waals surface area (Å²) in [7, 11) is 2.01. The molecule has 148 valence electrons. The lowest BCUT2D eigenvalue weighted by Crippen LogP contribution is -2.46. The lowest BCUT2D eigenvalue weighted by Gasteiger charge is -2.31. The number of rotatable bonds is 4. The first-order valence-electron chi connectivity index (χ1n) is 8.77. The zero-order chi connectivity index (χ0) is 19.9. The van der Waals surface area contributed by atoms with Crippen molar-refractivity contribution in [1.82, 2.24) is 24.4 Å². The summed E-state index contributed by atoms with van der Waals surface area (Å²) in [6.07, 6.45) is -4.61. The largest absolute Gasteiger partial charge is 0.433 e. The molecule has 0 spiro atoms. The molecule has 0 aliphatic carbocycles. The number of piperazine rings is 1. The highest BCUT2D eigenvalue weighted by atomic mass is 32.1. The number of hydrogen-bond acceptors (Lipinski definition) is 6. The minimum atomic E-state index is -4.61. The topological polar surface area (TPSA) is 53.7 Å². The molecule has 0 aromatic carbocycles. The minimum absolute atomic E-state index is 0.000239. The zero-order valence-corrected chi connectivity index (χ0v) is 15.9. The van der Waals surface area contributed by atoms with Crippen molar-refractivity contribution in [2.75, 3.05) is 39.8 Å². The van der Waals surface area contributed by atoms with Crippen LogP contribution < -0.4 is 0 Å². The number of fused-ring (bicyclic) bond motifs is 1. The molecule has 4 heterocycles. The Morgan fingerprint density at radius 1 is 1.21 bits per heavy atom. The van der Waals surface area contributed by atoms with Gasteiger partial charge in [-0.05, 0) is 24.6 Å². The lowest BCUT2D eigenvalue weighted by molar-refractivity contribution is -0.142. The Hall–Kier alpha value is -2.30. The van der Waals surface area contributed by atoms with Crippen LogP contribution >= 0.6 is 11.3 Å². The van der Waals surface area contributed by atoms with Crippen LogP contribution in [0.2, 0.25) is 0 Å². The van der Waals surface area contributed by atoms with Crippen molar-refractivity contribution in [1.29, 1.82) is 0 Å². The third-order valence-electron chi connectivity index (χ3n) is 4.74. The number of carbonyl (C=O) groups is 1. The number of aromatic nitrogens is 3. The molecule has 4 rings (SSSR count). The van der Waals surface area contributed by atoms with E-state index in [0.29, 0.717) is 9.39 Å². The molecule has 28 heavy (non-hydrogen) atoms. The molecule has 0 N–H and O–H groups in total. The summed E-state index contributed by atoms with van der Waals surface area (Å²) in [6, 6.07) is 5.77. The minimum Gasteiger partial charge on any atom is -0.304 e.